The molecule has 3 nitrogen and oxygen atoms in total. The second kappa shape index (κ2) is 7.85. The summed E-state index contributed by atoms with van der Waals surface area (Å²) in [6.07, 6.45) is 0. The highest BCUT2D eigenvalue weighted by Gasteiger charge is 2.12. The number of aromatic nitrogens is 2. The average Bonchev–Trinajstić information content (AvgIpc) is 3.06. The van der Waals surface area contributed by atoms with Crippen molar-refractivity contribution in [3.8, 4) is 5.75 Å². The molecule has 0 fully saturated rings. The Balaban J connectivity index is 1.59. The fourth-order valence-electron chi connectivity index (χ4n) is 3.28. The van der Waals surface area contributed by atoms with Crippen molar-refractivity contribution in [1.82, 2.24) is 9.55 Å². The fourth-order valence-corrected chi connectivity index (χ4v) is 3.28. The van der Waals surface area contributed by atoms with Crippen molar-refractivity contribution in [2.75, 3.05) is 0 Å². The maximum absolute atomic E-state index is 13.2. The van der Waals surface area contributed by atoms with E-state index < -0.39 is 0 Å². The van der Waals surface area contributed by atoms with Gasteiger partial charge in [-0.15, -0.1) is 0 Å². The first kappa shape index (κ1) is 18.2. The van der Waals surface area contributed by atoms with Crippen LogP contribution in [0.2, 0.25) is 0 Å². The average molecular weight is 374 g/mol. The van der Waals surface area contributed by atoms with Crippen LogP contribution in [-0.4, -0.2) is 9.55 Å². The summed E-state index contributed by atoms with van der Waals surface area (Å²) in [5.41, 5.74) is 4.28. The number of imidazole rings is 1. The zero-order valence-corrected chi connectivity index (χ0v) is 16.1. The summed E-state index contributed by atoms with van der Waals surface area (Å²) in [6, 6.07) is 22.8. The van der Waals surface area contributed by atoms with Gasteiger partial charge in [-0.1, -0.05) is 50.2 Å². The quantitative estimate of drug-likeness (QED) is 0.418. The Morgan fingerprint density at radius 1 is 0.929 bits per heavy atom. The van der Waals surface area contributed by atoms with Crippen LogP contribution in [0.5, 0.6) is 5.75 Å². The van der Waals surface area contributed by atoms with Crippen molar-refractivity contribution >= 4 is 11.0 Å². The van der Waals surface area contributed by atoms with Gasteiger partial charge >= 0.3 is 0 Å². The first-order chi connectivity index (χ1) is 13.6. The van der Waals surface area contributed by atoms with E-state index in [0.717, 1.165) is 28.2 Å². The van der Waals surface area contributed by atoms with Crippen LogP contribution in [0.15, 0.2) is 72.8 Å². The second-order valence-electron chi connectivity index (χ2n) is 7.24. The molecule has 0 saturated carbocycles. The van der Waals surface area contributed by atoms with Gasteiger partial charge in [0.1, 0.15) is 24.0 Å². The molecule has 0 atom stereocenters. The van der Waals surface area contributed by atoms with E-state index in [1.54, 1.807) is 12.1 Å². The predicted octanol–water partition coefficient (Wildman–Crippen LogP) is 5.93. The molecule has 4 rings (SSSR count). The zero-order chi connectivity index (χ0) is 19.5. The summed E-state index contributed by atoms with van der Waals surface area (Å²) in [6.45, 7) is 5.34. The van der Waals surface area contributed by atoms with Gasteiger partial charge in [-0.3, -0.25) is 0 Å². The largest absolute Gasteiger partial charge is 0.486 e. The van der Waals surface area contributed by atoms with E-state index in [-0.39, 0.29) is 5.82 Å². The minimum absolute atomic E-state index is 0.229. The SMILES string of the molecule is CC(C)c1ccc(OCc2nc3ccccc3n2Cc2ccc(F)cc2)cc1. The van der Waals surface area contributed by atoms with Crippen molar-refractivity contribution < 1.29 is 9.13 Å². The lowest BCUT2D eigenvalue weighted by atomic mass is 10.0. The molecular weight excluding hydrogens is 351 g/mol. The fraction of sp³-hybridized carbons (Fsp3) is 0.208. The predicted molar refractivity (Wildman–Crippen MR) is 110 cm³/mol. The summed E-state index contributed by atoms with van der Waals surface area (Å²) >= 11 is 0. The topological polar surface area (TPSA) is 27.1 Å². The standard InChI is InChI=1S/C24H23FN2O/c1-17(2)19-9-13-21(14-10-19)28-16-24-26-22-5-3-4-6-23(22)27(24)15-18-7-11-20(25)12-8-18/h3-14,17H,15-16H2,1-2H3. The number of fused-ring (bicyclic) bond motifs is 1. The number of nitrogens with zero attached hydrogens (tertiary/aromatic N) is 2. The lowest BCUT2D eigenvalue weighted by Gasteiger charge is -2.12. The van der Waals surface area contributed by atoms with Crippen LogP contribution in [0, 0.1) is 5.82 Å². The van der Waals surface area contributed by atoms with Gasteiger partial charge in [-0.25, -0.2) is 9.37 Å². The molecule has 0 aliphatic carbocycles. The Morgan fingerprint density at radius 3 is 2.36 bits per heavy atom. The van der Waals surface area contributed by atoms with Crippen molar-refractivity contribution in [2.24, 2.45) is 0 Å². The van der Waals surface area contributed by atoms with E-state index in [2.05, 4.69) is 30.5 Å². The number of hydrogen-bond donors (Lipinski definition) is 0. The molecule has 0 aliphatic heterocycles. The van der Waals surface area contributed by atoms with Crippen LogP contribution in [0.1, 0.15) is 36.7 Å². The molecule has 142 valence electrons. The molecule has 0 aliphatic rings. The summed E-state index contributed by atoms with van der Waals surface area (Å²) < 4.78 is 21.4. The molecule has 0 N–H and O–H groups in total. The molecule has 0 unspecified atom stereocenters. The van der Waals surface area contributed by atoms with E-state index >= 15 is 0 Å². The Bertz CT molecular complexity index is 1070. The minimum Gasteiger partial charge on any atom is -0.486 e. The highest BCUT2D eigenvalue weighted by molar-refractivity contribution is 5.76. The first-order valence-electron chi connectivity index (χ1n) is 9.51. The van der Waals surface area contributed by atoms with Gasteiger partial charge in [0.05, 0.1) is 11.0 Å². The molecule has 3 aromatic carbocycles. The zero-order valence-electron chi connectivity index (χ0n) is 16.1. The maximum atomic E-state index is 13.2. The monoisotopic (exact) mass is 374 g/mol. The van der Waals surface area contributed by atoms with Crippen LogP contribution >= 0.6 is 0 Å². The maximum Gasteiger partial charge on any atom is 0.148 e. The van der Waals surface area contributed by atoms with Crippen LogP contribution < -0.4 is 4.74 Å². The summed E-state index contributed by atoms with van der Waals surface area (Å²) in [5.74, 6) is 1.94. The number of rotatable bonds is 6. The molecule has 0 spiro atoms. The molecule has 0 saturated heterocycles. The molecule has 0 radical (unpaired) electrons. The number of benzene rings is 3. The minimum atomic E-state index is -0.229. The first-order valence-corrected chi connectivity index (χ1v) is 9.51. The molecule has 1 aromatic heterocycles. The van der Waals surface area contributed by atoms with Crippen molar-refractivity contribution in [2.45, 2.75) is 32.9 Å². The highest BCUT2D eigenvalue weighted by Crippen LogP contribution is 2.22. The molecule has 0 bridgehead atoms. The van der Waals surface area contributed by atoms with Crippen molar-refractivity contribution in [3.05, 3.63) is 95.6 Å². The van der Waals surface area contributed by atoms with E-state index in [1.165, 1.54) is 17.7 Å². The summed E-state index contributed by atoms with van der Waals surface area (Å²) in [5, 5.41) is 0. The molecule has 28 heavy (non-hydrogen) atoms. The third kappa shape index (κ3) is 3.91. The lowest BCUT2D eigenvalue weighted by molar-refractivity contribution is 0.291. The third-order valence-electron chi connectivity index (χ3n) is 4.90. The Kier molecular flexibility index (Phi) is 5.11. The molecule has 4 heteroatoms. The van der Waals surface area contributed by atoms with E-state index in [4.69, 9.17) is 9.72 Å². The lowest BCUT2D eigenvalue weighted by Crippen LogP contribution is -2.08. The normalized spacial score (nSPS) is 11.3. The second-order valence-corrected chi connectivity index (χ2v) is 7.24. The van der Waals surface area contributed by atoms with Gasteiger partial charge in [-0.2, -0.15) is 0 Å². The van der Waals surface area contributed by atoms with E-state index in [0.29, 0.717) is 19.1 Å². The molecule has 1 heterocycles. The highest BCUT2D eigenvalue weighted by atomic mass is 19.1. The number of ether oxygens (including phenoxy) is 1. The van der Waals surface area contributed by atoms with Crippen LogP contribution in [0.3, 0.4) is 0 Å². The van der Waals surface area contributed by atoms with E-state index in [9.17, 15) is 4.39 Å². The van der Waals surface area contributed by atoms with Crippen molar-refractivity contribution in [3.63, 3.8) is 0 Å². The Labute approximate surface area is 164 Å². The van der Waals surface area contributed by atoms with Gasteiger partial charge in [0.25, 0.3) is 0 Å². The molecule has 4 aromatic rings. The van der Waals surface area contributed by atoms with Crippen LogP contribution in [0.25, 0.3) is 11.0 Å². The van der Waals surface area contributed by atoms with Gasteiger partial charge in [0.15, 0.2) is 0 Å². The van der Waals surface area contributed by atoms with Crippen LogP contribution in [-0.2, 0) is 13.2 Å². The van der Waals surface area contributed by atoms with Gasteiger partial charge in [0.2, 0.25) is 0 Å². The summed E-state index contributed by atoms with van der Waals surface area (Å²) in [4.78, 5) is 4.75. The van der Waals surface area contributed by atoms with Crippen LogP contribution in [0.4, 0.5) is 4.39 Å². The van der Waals surface area contributed by atoms with Crippen molar-refractivity contribution in [1.29, 1.82) is 0 Å². The third-order valence-corrected chi connectivity index (χ3v) is 4.90. The molecular formula is C24H23FN2O. The summed E-state index contributed by atoms with van der Waals surface area (Å²) in [7, 11) is 0. The Hall–Kier alpha value is -3.14. The number of para-hydroxylation sites is 2. The van der Waals surface area contributed by atoms with Gasteiger partial charge in [-0.05, 0) is 53.4 Å². The number of halogens is 1. The Morgan fingerprint density at radius 2 is 1.64 bits per heavy atom. The smallest absolute Gasteiger partial charge is 0.148 e. The molecule has 0 amide bonds. The van der Waals surface area contributed by atoms with Gasteiger partial charge in [0, 0.05) is 6.54 Å². The van der Waals surface area contributed by atoms with E-state index in [1.807, 2.05) is 36.4 Å². The van der Waals surface area contributed by atoms with Gasteiger partial charge < -0.3 is 9.30 Å². The number of hydrogen-bond acceptors (Lipinski definition) is 2.